The molecule has 0 radical (unpaired) electrons. The molecule has 1 aromatic heterocycles. The van der Waals surface area contributed by atoms with Crippen molar-refractivity contribution in [2.45, 2.75) is 32.5 Å². The molecule has 124 valence electrons. The van der Waals surface area contributed by atoms with Crippen LogP contribution < -0.4 is 5.32 Å². The molecule has 23 heavy (non-hydrogen) atoms. The molecule has 0 fully saturated rings. The number of carbonyl (C=O) groups excluding carboxylic acids is 1. The normalized spacial score (nSPS) is 11.0. The van der Waals surface area contributed by atoms with Crippen molar-refractivity contribution >= 4 is 39.3 Å². The Morgan fingerprint density at radius 3 is 2.83 bits per heavy atom. The van der Waals surface area contributed by atoms with Gasteiger partial charge in [0.05, 0.1) is 11.4 Å². The Morgan fingerprint density at radius 1 is 1.43 bits per heavy atom. The summed E-state index contributed by atoms with van der Waals surface area (Å²) >= 11 is 4.47. The number of hydrogen-bond acceptors (Lipinski definition) is 4. The summed E-state index contributed by atoms with van der Waals surface area (Å²) in [6.45, 7) is 6.90. The lowest BCUT2D eigenvalue weighted by Crippen LogP contribution is -2.16. The maximum Gasteiger partial charge on any atom is 0.234 e. The predicted molar refractivity (Wildman–Crippen MR) is 93.1 cm³/mol. The summed E-state index contributed by atoms with van der Waals surface area (Å²) in [5, 5.41) is 11.4. The second-order valence-electron chi connectivity index (χ2n) is 5.50. The highest BCUT2D eigenvalue weighted by molar-refractivity contribution is 9.10. The molecule has 0 aliphatic rings. The van der Waals surface area contributed by atoms with E-state index in [4.69, 9.17) is 0 Å². The van der Waals surface area contributed by atoms with Gasteiger partial charge in [0, 0.05) is 11.0 Å². The summed E-state index contributed by atoms with van der Waals surface area (Å²) < 4.78 is 16.3. The van der Waals surface area contributed by atoms with Crippen LogP contribution >= 0.6 is 27.7 Å². The van der Waals surface area contributed by atoms with Gasteiger partial charge in [-0.15, -0.1) is 10.2 Å². The summed E-state index contributed by atoms with van der Waals surface area (Å²) in [7, 11) is 0. The molecule has 0 saturated heterocycles. The fraction of sp³-hybridized carbons (Fsp3) is 0.400. The van der Waals surface area contributed by atoms with E-state index in [1.807, 2.05) is 11.5 Å². The van der Waals surface area contributed by atoms with E-state index >= 15 is 0 Å². The molecule has 1 N–H and O–H groups in total. The Bertz CT molecular complexity index is 705. The first-order valence-corrected chi connectivity index (χ1v) is 8.92. The average Bonchev–Trinajstić information content (AvgIpc) is 2.80. The van der Waals surface area contributed by atoms with E-state index in [1.165, 1.54) is 23.9 Å². The fourth-order valence-electron chi connectivity index (χ4n) is 1.95. The van der Waals surface area contributed by atoms with Crippen LogP contribution in [0, 0.1) is 18.7 Å². The molecular weight excluding hydrogens is 383 g/mol. The molecule has 8 heteroatoms. The van der Waals surface area contributed by atoms with E-state index in [2.05, 4.69) is 45.3 Å². The molecule has 1 aromatic carbocycles. The van der Waals surface area contributed by atoms with E-state index in [1.54, 1.807) is 6.07 Å². The Hall–Kier alpha value is -1.41. The standard InChI is InChI=1S/C15H18BrFN4OS/c1-9(2)7-21-10(3)19-20-15(21)23-8-14(22)18-13-5-4-11(16)6-12(13)17/h4-6,9H,7-8H2,1-3H3,(H,18,22). The molecule has 0 unspecified atom stereocenters. The number of aromatic nitrogens is 3. The van der Waals surface area contributed by atoms with Crippen LogP contribution in [-0.2, 0) is 11.3 Å². The van der Waals surface area contributed by atoms with Gasteiger partial charge in [-0.25, -0.2) is 4.39 Å². The third kappa shape index (κ3) is 5.04. The Balaban J connectivity index is 1.97. The molecule has 0 spiro atoms. The minimum absolute atomic E-state index is 0.145. The molecule has 0 atom stereocenters. The topological polar surface area (TPSA) is 59.8 Å². The second kappa shape index (κ2) is 7.92. The first-order valence-electron chi connectivity index (χ1n) is 7.14. The van der Waals surface area contributed by atoms with Gasteiger partial charge in [-0.3, -0.25) is 4.79 Å². The third-order valence-electron chi connectivity index (χ3n) is 2.99. The highest BCUT2D eigenvalue weighted by atomic mass is 79.9. The maximum atomic E-state index is 13.7. The molecule has 0 saturated carbocycles. The van der Waals surface area contributed by atoms with Gasteiger partial charge in [0.25, 0.3) is 0 Å². The largest absolute Gasteiger partial charge is 0.323 e. The molecule has 0 bridgehead atoms. The summed E-state index contributed by atoms with van der Waals surface area (Å²) in [6, 6.07) is 4.51. The summed E-state index contributed by atoms with van der Waals surface area (Å²) in [5.74, 6) is 0.658. The van der Waals surface area contributed by atoms with Crippen molar-refractivity contribution in [2.75, 3.05) is 11.1 Å². The van der Waals surface area contributed by atoms with Crippen LogP contribution in [0.4, 0.5) is 10.1 Å². The number of benzene rings is 1. The Labute approximate surface area is 147 Å². The number of rotatable bonds is 6. The Morgan fingerprint density at radius 2 is 2.17 bits per heavy atom. The number of anilines is 1. The van der Waals surface area contributed by atoms with Crippen LogP contribution in [-0.4, -0.2) is 26.4 Å². The Kier molecular flexibility index (Phi) is 6.17. The molecule has 0 aliphatic heterocycles. The van der Waals surface area contributed by atoms with Gasteiger partial charge in [-0.2, -0.15) is 0 Å². The summed E-state index contributed by atoms with van der Waals surface area (Å²) in [6.07, 6.45) is 0. The first-order chi connectivity index (χ1) is 10.9. The average molecular weight is 401 g/mol. The fourth-order valence-corrected chi connectivity index (χ4v) is 3.08. The monoisotopic (exact) mass is 400 g/mol. The first kappa shape index (κ1) is 17.9. The van der Waals surface area contributed by atoms with Crippen LogP contribution in [0.2, 0.25) is 0 Å². The van der Waals surface area contributed by atoms with Crippen LogP contribution in [0.15, 0.2) is 27.8 Å². The van der Waals surface area contributed by atoms with E-state index in [0.717, 1.165) is 12.4 Å². The molecule has 2 aromatic rings. The minimum atomic E-state index is -0.475. The molecule has 1 amide bonds. The van der Waals surface area contributed by atoms with Crippen LogP contribution in [0.25, 0.3) is 0 Å². The SMILES string of the molecule is Cc1nnc(SCC(=O)Nc2ccc(Br)cc2F)n1CC(C)C. The van der Waals surface area contributed by atoms with Crippen molar-refractivity contribution in [3.8, 4) is 0 Å². The van der Waals surface area contributed by atoms with E-state index in [9.17, 15) is 9.18 Å². The number of nitrogens with one attached hydrogen (secondary N) is 1. The van der Waals surface area contributed by atoms with Gasteiger partial charge in [-0.05, 0) is 31.0 Å². The van der Waals surface area contributed by atoms with Crippen LogP contribution in [0.1, 0.15) is 19.7 Å². The van der Waals surface area contributed by atoms with Crippen molar-refractivity contribution in [3.05, 3.63) is 34.3 Å². The number of carbonyl (C=O) groups is 1. The predicted octanol–water partition coefficient (Wildman–Crippen LogP) is 3.87. The van der Waals surface area contributed by atoms with Crippen molar-refractivity contribution in [2.24, 2.45) is 5.92 Å². The van der Waals surface area contributed by atoms with Crippen molar-refractivity contribution < 1.29 is 9.18 Å². The van der Waals surface area contributed by atoms with Gasteiger partial charge in [-0.1, -0.05) is 41.5 Å². The second-order valence-corrected chi connectivity index (χ2v) is 7.35. The highest BCUT2D eigenvalue weighted by Gasteiger charge is 2.13. The van der Waals surface area contributed by atoms with Crippen molar-refractivity contribution in [1.29, 1.82) is 0 Å². The number of hydrogen-bond donors (Lipinski definition) is 1. The van der Waals surface area contributed by atoms with Gasteiger partial charge >= 0.3 is 0 Å². The quantitative estimate of drug-likeness (QED) is 0.747. The number of aryl methyl sites for hydroxylation is 1. The third-order valence-corrected chi connectivity index (χ3v) is 4.45. The van der Waals surface area contributed by atoms with Gasteiger partial charge in [0.2, 0.25) is 5.91 Å². The number of nitrogens with zero attached hydrogens (tertiary/aromatic N) is 3. The van der Waals surface area contributed by atoms with E-state index < -0.39 is 5.82 Å². The minimum Gasteiger partial charge on any atom is -0.323 e. The lowest BCUT2D eigenvalue weighted by molar-refractivity contribution is -0.113. The summed E-state index contributed by atoms with van der Waals surface area (Å²) in [4.78, 5) is 12.0. The highest BCUT2D eigenvalue weighted by Crippen LogP contribution is 2.21. The lowest BCUT2D eigenvalue weighted by Gasteiger charge is -2.11. The van der Waals surface area contributed by atoms with Gasteiger partial charge < -0.3 is 9.88 Å². The van der Waals surface area contributed by atoms with Gasteiger partial charge in [0.15, 0.2) is 5.16 Å². The van der Waals surface area contributed by atoms with E-state index in [0.29, 0.717) is 15.5 Å². The number of thioether (sulfide) groups is 1. The zero-order valence-electron chi connectivity index (χ0n) is 13.1. The molecular formula is C15H18BrFN4OS. The zero-order chi connectivity index (χ0) is 17.0. The van der Waals surface area contributed by atoms with Crippen LogP contribution in [0.5, 0.6) is 0 Å². The molecule has 2 rings (SSSR count). The molecule has 0 aliphatic carbocycles. The van der Waals surface area contributed by atoms with E-state index in [-0.39, 0.29) is 17.3 Å². The van der Waals surface area contributed by atoms with Crippen molar-refractivity contribution in [1.82, 2.24) is 14.8 Å². The smallest absolute Gasteiger partial charge is 0.234 e. The molecule has 5 nitrogen and oxygen atoms in total. The number of halogens is 2. The zero-order valence-corrected chi connectivity index (χ0v) is 15.5. The maximum absolute atomic E-state index is 13.7. The van der Waals surface area contributed by atoms with Gasteiger partial charge in [0.1, 0.15) is 11.6 Å². The summed E-state index contributed by atoms with van der Waals surface area (Å²) in [5.41, 5.74) is 0.165. The van der Waals surface area contributed by atoms with Crippen LogP contribution in [0.3, 0.4) is 0 Å². The number of amides is 1. The lowest BCUT2D eigenvalue weighted by atomic mass is 10.2. The van der Waals surface area contributed by atoms with Crippen molar-refractivity contribution in [3.63, 3.8) is 0 Å². The molecule has 1 heterocycles.